The first-order valence-corrected chi connectivity index (χ1v) is 5.04. The van der Waals surface area contributed by atoms with Crippen molar-refractivity contribution in [3.8, 4) is 0 Å². The average molecular weight is 205 g/mol. The number of amides is 1. The molecule has 0 saturated carbocycles. The first-order chi connectivity index (χ1) is 5.92. The molecule has 1 rings (SSSR count). The van der Waals surface area contributed by atoms with Gasteiger partial charge < -0.3 is 10.2 Å². The number of hydrogen-bond acceptors (Lipinski definition) is 2. The van der Waals surface area contributed by atoms with E-state index in [1.54, 1.807) is 6.92 Å². The molecule has 1 heterocycles. The van der Waals surface area contributed by atoms with E-state index in [2.05, 4.69) is 19.2 Å². The van der Waals surface area contributed by atoms with Gasteiger partial charge in [-0.25, -0.2) is 0 Å². The summed E-state index contributed by atoms with van der Waals surface area (Å²) >= 11 is 5.74. The van der Waals surface area contributed by atoms with Gasteiger partial charge in [-0.1, -0.05) is 0 Å². The normalized spacial score (nSPS) is 24.2. The summed E-state index contributed by atoms with van der Waals surface area (Å²) in [6.45, 7) is 8.25. The van der Waals surface area contributed by atoms with E-state index in [0.717, 1.165) is 19.6 Å². The second kappa shape index (κ2) is 3.84. The van der Waals surface area contributed by atoms with Gasteiger partial charge in [0.2, 0.25) is 5.91 Å². The van der Waals surface area contributed by atoms with Gasteiger partial charge in [-0.3, -0.25) is 4.79 Å². The molecule has 3 nitrogen and oxygen atoms in total. The summed E-state index contributed by atoms with van der Waals surface area (Å²) in [5, 5.41) is 2.94. The first kappa shape index (κ1) is 10.8. The molecule has 1 saturated heterocycles. The Morgan fingerprint density at radius 1 is 1.62 bits per heavy atom. The van der Waals surface area contributed by atoms with Crippen LogP contribution in [0.1, 0.15) is 20.8 Å². The zero-order valence-electron chi connectivity index (χ0n) is 8.43. The van der Waals surface area contributed by atoms with E-state index in [1.165, 1.54) is 0 Å². The van der Waals surface area contributed by atoms with E-state index >= 15 is 0 Å². The predicted octanol–water partition coefficient (Wildman–Crippen LogP) is 0.824. The van der Waals surface area contributed by atoms with Crippen molar-refractivity contribution in [3.63, 3.8) is 0 Å². The van der Waals surface area contributed by atoms with Crippen LogP contribution in [0, 0.1) is 0 Å². The summed E-state index contributed by atoms with van der Waals surface area (Å²) in [6.07, 6.45) is 0. The number of alkyl halides is 1. The van der Waals surface area contributed by atoms with Gasteiger partial charge in [-0.15, -0.1) is 11.6 Å². The van der Waals surface area contributed by atoms with Crippen LogP contribution in [-0.4, -0.2) is 41.4 Å². The van der Waals surface area contributed by atoms with Crippen molar-refractivity contribution in [2.75, 3.05) is 19.6 Å². The molecule has 0 bridgehead atoms. The SMILES string of the molecule is CC(Cl)C(=O)N1CCNC(C)(C)C1. The number of rotatable bonds is 1. The Labute approximate surface area is 84.4 Å². The number of nitrogens with one attached hydrogen (secondary N) is 1. The molecule has 0 aromatic rings. The fraction of sp³-hybridized carbons (Fsp3) is 0.889. The highest BCUT2D eigenvalue weighted by Gasteiger charge is 2.29. The number of carbonyl (C=O) groups is 1. The molecular weight excluding hydrogens is 188 g/mol. The Hall–Kier alpha value is -0.280. The minimum Gasteiger partial charge on any atom is -0.338 e. The molecule has 0 aliphatic carbocycles. The quantitative estimate of drug-likeness (QED) is 0.642. The molecule has 1 amide bonds. The first-order valence-electron chi connectivity index (χ1n) is 4.60. The molecule has 0 spiro atoms. The van der Waals surface area contributed by atoms with Gasteiger partial charge in [0.05, 0.1) is 0 Å². The number of halogens is 1. The summed E-state index contributed by atoms with van der Waals surface area (Å²) < 4.78 is 0. The Kier molecular flexibility index (Phi) is 3.19. The highest BCUT2D eigenvalue weighted by molar-refractivity contribution is 6.30. The summed E-state index contributed by atoms with van der Waals surface area (Å²) in [7, 11) is 0. The van der Waals surface area contributed by atoms with E-state index in [1.807, 2.05) is 4.90 Å². The van der Waals surface area contributed by atoms with Crippen molar-refractivity contribution in [2.45, 2.75) is 31.7 Å². The highest BCUT2D eigenvalue weighted by atomic mass is 35.5. The second-order valence-corrected chi connectivity index (χ2v) is 4.84. The summed E-state index contributed by atoms with van der Waals surface area (Å²) in [5.74, 6) is 0.0382. The molecular formula is C9H17ClN2O. The van der Waals surface area contributed by atoms with Gasteiger partial charge in [0.25, 0.3) is 0 Å². The minimum absolute atomic E-state index is 0.0136. The Morgan fingerprint density at radius 2 is 2.23 bits per heavy atom. The molecule has 1 aliphatic rings. The third-order valence-electron chi connectivity index (χ3n) is 2.22. The van der Waals surface area contributed by atoms with Gasteiger partial charge in [-0.2, -0.15) is 0 Å². The van der Waals surface area contributed by atoms with Gasteiger partial charge in [0.1, 0.15) is 5.38 Å². The van der Waals surface area contributed by atoms with Gasteiger partial charge in [-0.05, 0) is 20.8 Å². The van der Waals surface area contributed by atoms with Crippen LogP contribution in [0.5, 0.6) is 0 Å². The van der Waals surface area contributed by atoms with Crippen LogP contribution in [0.3, 0.4) is 0 Å². The molecule has 0 radical (unpaired) electrons. The Bertz CT molecular complexity index is 204. The van der Waals surface area contributed by atoms with Crippen molar-refractivity contribution < 1.29 is 4.79 Å². The molecule has 4 heteroatoms. The molecule has 1 unspecified atom stereocenters. The molecule has 1 atom stereocenters. The fourth-order valence-electron chi connectivity index (χ4n) is 1.58. The smallest absolute Gasteiger partial charge is 0.240 e. The van der Waals surface area contributed by atoms with Crippen LogP contribution in [-0.2, 0) is 4.79 Å². The molecule has 1 fully saturated rings. The van der Waals surface area contributed by atoms with Crippen molar-refractivity contribution >= 4 is 17.5 Å². The van der Waals surface area contributed by atoms with E-state index < -0.39 is 5.38 Å². The minimum atomic E-state index is -0.408. The molecule has 0 aromatic carbocycles. The van der Waals surface area contributed by atoms with Crippen molar-refractivity contribution in [2.24, 2.45) is 0 Å². The van der Waals surface area contributed by atoms with E-state index in [-0.39, 0.29) is 11.4 Å². The molecule has 1 N–H and O–H groups in total. The number of nitrogens with zero attached hydrogens (tertiary/aromatic N) is 1. The lowest BCUT2D eigenvalue weighted by Crippen LogP contribution is -2.59. The van der Waals surface area contributed by atoms with Crippen LogP contribution in [0.25, 0.3) is 0 Å². The van der Waals surface area contributed by atoms with Crippen LogP contribution < -0.4 is 5.32 Å². The maximum absolute atomic E-state index is 11.6. The summed E-state index contributed by atoms with van der Waals surface area (Å²) in [4.78, 5) is 13.4. The standard InChI is InChI=1S/C9H17ClN2O/c1-7(10)8(13)12-5-4-11-9(2,3)6-12/h7,11H,4-6H2,1-3H3. The van der Waals surface area contributed by atoms with Crippen molar-refractivity contribution in [1.29, 1.82) is 0 Å². The van der Waals surface area contributed by atoms with Crippen LogP contribution in [0.2, 0.25) is 0 Å². The monoisotopic (exact) mass is 204 g/mol. The van der Waals surface area contributed by atoms with Gasteiger partial charge in [0.15, 0.2) is 0 Å². The third-order valence-corrected chi connectivity index (χ3v) is 2.41. The lowest BCUT2D eigenvalue weighted by atomic mass is 10.0. The van der Waals surface area contributed by atoms with Crippen LogP contribution in [0.15, 0.2) is 0 Å². The topological polar surface area (TPSA) is 32.3 Å². The highest BCUT2D eigenvalue weighted by Crippen LogP contribution is 2.12. The molecule has 76 valence electrons. The Morgan fingerprint density at radius 3 is 2.69 bits per heavy atom. The van der Waals surface area contributed by atoms with Gasteiger partial charge >= 0.3 is 0 Å². The molecule has 13 heavy (non-hydrogen) atoms. The lowest BCUT2D eigenvalue weighted by molar-refractivity contribution is -0.132. The number of piperazine rings is 1. The predicted molar refractivity (Wildman–Crippen MR) is 54.0 cm³/mol. The maximum atomic E-state index is 11.6. The third kappa shape index (κ3) is 2.85. The average Bonchev–Trinajstić information content (AvgIpc) is 2.01. The van der Waals surface area contributed by atoms with E-state index in [0.29, 0.717) is 0 Å². The number of carbonyl (C=O) groups excluding carboxylic acids is 1. The van der Waals surface area contributed by atoms with Crippen LogP contribution >= 0.6 is 11.6 Å². The van der Waals surface area contributed by atoms with Crippen molar-refractivity contribution in [1.82, 2.24) is 10.2 Å². The second-order valence-electron chi connectivity index (χ2n) is 4.19. The largest absolute Gasteiger partial charge is 0.338 e. The molecule has 0 aromatic heterocycles. The summed E-state index contributed by atoms with van der Waals surface area (Å²) in [5.41, 5.74) is 0.0136. The maximum Gasteiger partial charge on any atom is 0.240 e. The lowest BCUT2D eigenvalue weighted by Gasteiger charge is -2.39. The van der Waals surface area contributed by atoms with E-state index in [9.17, 15) is 4.79 Å². The fourth-order valence-corrected chi connectivity index (χ4v) is 1.72. The van der Waals surface area contributed by atoms with Crippen molar-refractivity contribution in [3.05, 3.63) is 0 Å². The zero-order valence-corrected chi connectivity index (χ0v) is 9.19. The molecule has 1 aliphatic heterocycles. The van der Waals surface area contributed by atoms with Gasteiger partial charge in [0, 0.05) is 25.2 Å². The van der Waals surface area contributed by atoms with E-state index in [4.69, 9.17) is 11.6 Å². The van der Waals surface area contributed by atoms with Crippen LogP contribution in [0.4, 0.5) is 0 Å². The zero-order chi connectivity index (χ0) is 10.1. The summed E-state index contributed by atoms with van der Waals surface area (Å²) in [6, 6.07) is 0. The Balaban J connectivity index is 2.57. The number of hydrogen-bond donors (Lipinski definition) is 1.